The van der Waals surface area contributed by atoms with Gasteiger partial charge in [-0.15, -0.1) is 0 Å². The van der Waals surface area contributed by atoms with E-state index in [1.165, 1.54) is 0 Å². The fraction of sp³-hybridized carbons (Fsp3) is 0.542. The molecule has 1 aliphatic carbocycles. The number of amides is 1. The van der Waals surface area contributed by atoms with Crippen LogP contribution in [0, 0.1) is 5.41 Å². The van der Waals surface area contributed by atoms with Crippen LogP contribution in [0.25, 0.3) is 0 Å². The summed E-state index contributed by atoms with van der Waals surface area (Å²) in [7, 11) is 0. The van der Waals surface area contributed by atoms with Crippen LogP contribution in [0.1, 0.15) is 50.7 Å². The number of nitrogens with zero attached hydrogens (tertiary/aromatic N) is 4. The Labute approximate surface area is 206 Å². The molecule has 0 atom stereocenters. The lowest BCUT2D eigenvalue weighted by Gasteiger charge is -2.60. The number of ether oxygens (including phenoxy) is 1. The van der Waals surface area contributed by atoms with Gasteiger partial charge in [0.25, 0.3) is 0 Å². The lowest BCUT2D eigenvalue weighted by Crippen LogP contribution is -2.73. The molecule has 188 valence electrons. The van der Waals surface area contributed by atoms with Crippen LogP contribution in [0.3, 0.4) is 0 Å². The van der Waals surface area contributed by atoms with E-state index in [1.54, 1.807) is 4.90 Å². The molecule has 2 aromatic rings. The Morgan fingerprint density at radius 2 is 1.86 bits per heavy atom. The number of carbonyl (C=O) groups excluding carboxylic acids is 1. The van der Waals surface area contributed by atoms with Crippen molar-refractivity contribution in [1.29, 1.82) is 0 Å². The zero-order valence-electron chi connectivity index (χ0n) is 19.7. The molecule has 11 heteroatoms. The Kier molecular flexibility index (Phi) is 5.58. The highest BCUT2D eigenvalue weighted by atomic mass is 35.5. The van der Waals surface area contributed by atoms with Gasteiger partial charge < -0.3 is 19.9 Å². The molecular formula is C24H27ClF3N5O2. The van der Waals surface area contributed by atoms with Crippen molar-refractivity contribution in [2.45, 2.75) is 51.3 Å². The SMILES string of the molecule is CC(C)(C)OC(=O)N1CC2(C1)CN(c1ccc(Nc3ncc(C(F)(F)F)c(Cl)n3)c(C3CC3)c1)C2. The summed E-state index contributed by atoms with van der Waals surface area (Å²) in [6, 6.07) is 6.02. The third-order valence-electron chi connectivity index (χ3n) is 6.47. The Morgan fingerprint density at radius 3 is 2.43 bits per heavy atom. The minimum atomic E-state index is -4.60. The molecule has 2 aliphatic heterocycles. The molecule has 1 aromatic carbocycles. The van der Waals surface area contributed by atoms with E-state index in [0.717, 1.165) is 42.9 Å². The number of carbonyl (C=O) groups is 1. The van der Waals surface area contributed by atoms with E-state index in [9.17, 15) is 18.0 Å². The van der Waals surface area contributed by atoms with Crippen molar-refractivity contribution in [2.24, 2.45) is 5.41 Å². The standard InChI is InChI=1S/C24H27ClF3N5O2/c1-22(2,3)35-21(34)33-12-23(13-33)10-32(11-23)15-6-7-18(16(8-15)14-4-5-14)30-20-29-9-17(19(25)31-20)24(26,27)28/h6-9,14H,4-5,10-13H2,1-3H3,(H,29,30,31). The first kappa shape index (κ1) is 24.0. The largest absolute Gasteiger partial charge is 0.444 e. The molecule has 35 heavy (non-hydrogen) atoms. The van der Waals surface area contributed by atoms with Gasteiger partial charge in [0.05, 0.1) is 0 Å². The second-order valence-electron chi connectivity index (χ2n) is 10.8. The van der Waals surface area contributed by atoms with Gasteiger partial charge in [0, 0.05) is 49.2 Å². The van der Waals surface area contributed by atoms with Gasteiger partial charge >= 0.3 is 12.3 Å². The lowest BCUT2D eigenvalue weighted by molar-refractivity contribution is -0.137. The summed E-state index contributed by atoms with van der Waals surface area (Å²) in [5.41, 5.74) is 1.49. The summed E-state index contributed by atoms with van der Waals surface area (Å²) in [4.78, 5) is 23.9. The minimum Gasteiger partial charge on any atom is -0.444 e. The number of halogens is 4. The van der Waals surface area contributed by atoms with Crippen molar-refractivity contribution in [1.82, 2.24) is 14.9 Å². The van der Waals surface area contributed by atoms with E-state index in [1.807, 2.05) is 32.9 Å². The Balaban J connectivity index is 1.24. The maximum absolute atomic E-state index is 12.9. The predicted molar refractivity (Wildman–Crippen MR) is 126 cm³/mol. The minimum absolute atomic E-state index is 0.0252. The molecular weight excluding hydrogens is 483 g/mol. The van der Waals surface area contributed by atoms with Gasteiger partial charge in [0.2, 0.25) is 5.95 Å². The van der Waals surface area contributed by atoms with E-state index in [2.05, 4.69) is 26.3 Å². The summed E-state index contributed by atoms with van der Waals surface area (Å²) in [6.07, 6.45) is -2.06. The topological polar surface area (TPSA) is 70.6 Å². The highest BCUT2D eigenvalue weighted by molar-refractivity contribution is 6.30. The summed E-state index contributed by atoms with van der Waals surface area (Å²) >= 11 is 5.75. The molecule has 1 amide bonds. The average Bonchev–Trinajstić information content (AvgIpc) is 3.49. The molecule has 1 spiro atoms. The predicted octanol–water partition coefficient (Wildman–Crippen LogP) is 5.83. The van der Waals surface area contributed by atoms with Gasteiger partial charge in [-0.1, -0.05) is 11.6 Å². The molecule has 5 rings (SSSR count). The maximum Gasteiger partial charge on any atom is 0.420 e. The van der Waals surface area contributed by atoms with Gasteiger partial charge in [-0.05, 0) is 63.3 Å². The molecule has 0 unspecified atom stereocenters. The van der Waals surface area contributed by atoms with Gasteiger partial charge in [0.1, 0.15) is 16.3 Å². The molecule has 3 aliphatic rings. The summed E-state index contributed by atoms with van der Waals surface area (Å²) < 4.78 is 44.3. The highest BCUT2D eigenvalue weighted by Gasteiger charge is 2.54. The first-order valence-electron chi connectivity index (χ1n) is 11.6. The number of hydrogen-bond acceptors (Lipinski definition) is 6. The van der Waals surface area contributed by atoms with Gasteiger partial charge in [-0.25, -0.2) is 14.8 Å². The van der Waals surface area contributed by atoms with Crippen LogP contribution in [0.4, 0.5) is 35.3 Å². The van der Waals surface area contributed by atoms with Crippen LogP contribution in [0.5, 0.6) is 0 Å². The number of aromatic nitrogens is 2. The van der Waals surface area contributed by atoms with Crippen molar-refractivity contribution in [2.75, 3.05) is 36.4 Å². The second-order valence-corrected chi connectivity index (χ2v) is 11.1. The van der Waals surface area contributed by atoms with E-state index in [0.29, 0.717) is 25.2 Å². The van der Waals surface area contributed by atoms with Gasteiger partial charge in [-0.3, -0.25) is 0 Å². The highest BCUT2D eigenvalue weighted by Crippen LogP contribution is 2.48. The summed E-state index contributed by atoms with van der Waals surface area (Å²) in [5.74, 6) is 0.418. The van der Waals surface area contributed by atoms with Crippen LogP contribution in [0.15, 0.2) is 24.4 Å². The van der Waals surface area contributed by atoms with Crippen LogP contribution in [-0.2, 0) is 10.9 Å². The van der Waals surface area contributed by atoms with Crippen LogP contribution < -0.4 is 10.2 Å². The molecule has 1 saturated carbocycles. The van der Waals surface area contributed by atoms with E-state index in [4.69, 9.17) is 16.3 Å². The second kappa shape index (κ2) is 8.15. The normalized spacial score (nSPS) is 19.3. The number of anilines is 3. The Morgan fingerprint density at radius 1 is 1.17 bits per heavy atom. The quantitative estimate of drug-likeness (QED) is 0.523. The Hall–Kier alpha value is -2.75. The smallest absolute Gasteiger partial charge is 0.420 e. The van der Waals surface area contributed by atoms with E-state index < -0.39 is 22.5 Å². The number of hydrogen-bond donors (Lipinski definition) is 1. The molecule has 3 heterocycles. The van der Waals surface area contributed by atoms with Crippen molar-refractivity contribution >= 4 is 35.0 Å². The molecule has 1 aromatic heterocycles. The Bertz CT molecular complexity index is 1150. The van der Waals surface area contributed by atoms with E-state index in [-0.39, 0.29) is 17.5 Å². The third-order valence-corrected chi connectivity index (χ3v) is 6.76. The maximum atomic E-state index is 12.9. The molecule has 3 fully saturated rings. The van der Waals surface area contributed by atoms with Crippen LogP contribution in [0.2, 0.25) is 5.15 Å². The average molecular weight is 510 g/mol. The monoisotopic (exact) mass is 509 g/mol. The molecule has 0 radical (unpaired) electrons. The first-order valence-corrected chi connectivity index (χ1v) is 11.9. The van der Waals surface area contributed by atoms with Crippen molar-refractivity contribution in [3.8, 4) is 0 Å². The van der Waals surface area contributed by atoms with Gasteiger partial charge in [-0.2, -0.15) is 13.2 Å². The number of rotatable bonds is 4. The summed E-state index contributed by atoms with van der Waals surface area (Å²) in [5, 5.41) is 2.41. The van der Waals surface area contributed by atoms with Crippen LogP contribution >= 0.6 is 11.6 Å². The molecule has 1 N–H and O–H groups in total. The fourth-order valence-electron chi connectivity index (χ4n) is 4.69. The number of alkyl halides is 3. The first-order chi connectivity index (χ1) is 16.3. The molecule has 2 saturated heterocycles. The number of likely N-dealkylation sites (tertiary alicyclic amines) is 1. The number of nitrogens with one attached hydrogen (secondary N) is 1. The molecule has 7 nitrogen and oxygen atoms in total. The van der Waals surface area contributed by atoms with E-state index >= 15 is 0 Å². The zero-order valence-corrected chi connectivity index (χ0v) is 20.5. The van der Waals surface area contributed by atoms with Crippen molar-refractivity contribution < 1.29 is 22.7 Å². The summed E-state index contributed by atoms with van der Waals surface area (Å²) in [6.45, 7) is 8.69. The van der Waals surface area contributed by atoms with Crippen molar-refractivity contribution in [3.05, 3.63) is 40.7 Å². The van der Waals surface area contributed by atoms with Crippen LogP contribution in [-0.4, -0.2) is 52.7 Å². The fourth-order valence-corrected chi connectivity index (χ4v) is 4.93. The zero-order chi connectivity index (χ0) is 25.2. The third kappa shape index (κ3) is 4.98. The lowest BCUT2D eigenvalue weighted by atomic mass is 9.72. The van der Waals surface area contributed by atoms with Gasteiger partial charge in [0.15, 0.2) is 0 Å². The number of benzene rings is 1. The molecule has 0 bridgehead atoms. The van der Waals surface area contributed by atoms with Crippen molar-refractivity contribution in [3.63, 3.8) is 0 Å².